The summed E-state index contributed by atoms with van der Waals surface area (Å²) in [5, 5.41) is 9.38. The number of aromatic amines is 1. The maximum absolute atomic E-state index is 12.4. The number of carbonyl (C=O) groups excluding carboxylic acids is 1. The number of aryl methyl sites for hydroxylation is 1. The Hall–Kier alpha value is -3.37. The quantitative estimate of drug-likeness (QED) is 0.486. The summed E-state index contributed by atoms with van der Waals surface area (Å²) in [6.07, 6.45) is 0. The number of esters is 1. The number of halogens is 1. The number of hydrogen-bond donors (Lipinski definition) is 1. The van der Waals surface area contributed by atoms with E-state index in [0.29, 0.717) is 32.6 Å². The van der Waals surface area contributed by atoms with Crippen molar-refractivity contribution in [3.63, 3.8) is 0 Å². The van der Waals surface area contributed by atoms with E-state index in [4.69, 9.17) is 9.47 Å². The van der Waals surface area contributed by atoms with Crippen LogP contribution in [-0.4, -0.2) is 18.1 Å². The highest BCUT2D eigenvalue weighted by atomic mass is 79.9. The topological polar surface area (TPSA) is 92.2 Å². The van der Waals surface area contributed by atoms with E-state index < -0.39 is 11.5 Å². The van der Waals surface area contributed by atoms with E-state index in [1.165, 1.54) is 7.11 Å². The van der Waals surface area contributed by atoms with Crippen molar-refractivity contribution < 1.29 is 14.3 Å². The highest BCUT2D eigenvalue weighted by Gasteiger charge is 2.19. The van der Waals surface area contributed by atoms with Crippen LogP contribution < -0.4 is 15.0 Å². The first-order chi connectivity index (χ1) is 13.4. The van der Waals surface area contributed by atoms with Crippen LogP contribution in [0.5, 0.6) is 11.5 Å². The van der Waals surface area contributed by atoms with Crippen molar-refractivity contribution in [1.29, 1.82) is 5.26 Å². The van der Waals surface area contributed by atoms with Crippen molar-refractivity contribution in [2.75, 3.05) is 7.11 Å². The fraction of sp³-hybridized carbons (Fsp3) is 0.0952. The van der Waals surface area contributed by atoms with Gasteiger partial charge in [-0.15, -0.1) is 0 Å². The molecule has 0 spiro atoms. The number of methoxy groups -OCH3 is 1. The van der Waals surface area contributed by atoms with Gasteiger partial charge in [0, 0.05) is 21.3 Å². The van der Waals surface area contributed by atoms with E-state index in [0.717, 1.165) is 0 Å². The minimum atomic E-state index is -0.525. The number of nitrogens with zero attached hydrogens (tertiary/aromatic N) is 1. The number of ether oxygens (including phenoxy) is 2. The zero-order chi connectivity index (χ0) is 20.3. The molecule has 0 bridgehead atoms. The maximum Gasteiger partial charge on any atom is 0.343 e. The smallest absolute Gasteiger partial charge is 0.343 e. The number of rotatable bonds is 4. The average molecular weight is 439 g/mol. The fourth-order valence-electron chi connectivity index (χ4n) is 2.73. The largest absolute Gasteiger partial charge is 0.493 e. The molecule has 0 aliphatic rings. The van der Waals surface area contributed by atoms with Crippen molar-refractivity contribution in [2.24, 2.45) is 0 Å². The van der Waals surface area contributed by atoms with Gasteiger partial charge < -0.3 is 14.5 Å². The molecule has 0 aliphatic carbocycles. The van der Waals surface area contributed by atoms with Crippen molar-refractivity contribution in [3.8, 4) is 28.7 Å². The number of benzene rings is 2. The predicted octanol–water partition coefficient (Wildman–Crippen LogP) is 4.21. The third-order valence-corrected chi connectivity index (χ3v) is 4.69. The van der Waals surface area contributed by atoms with Gasteiger partial charge in [-0.25, -0.2) is 4.79 Å². The van der Waals surface area contributed by atoms with E-state index in [-0.39, 0.29) is 11.3 Å². The van der Waals surface area contributed by atoms with Gasteiger partial charge >= 0.3 is 5.97 Å². The molecule has 2 aromatic carbocycles. The maximum atomic E-state index is 12.4. The Balaban J connectivity index is 2.08. The second-order valence-electron chi connectivity index (χ2n) is 5.92. The van der Waals surface area contributed by atoms with Crippen LogP contribution in [0.2, 0.25) is 0 Å². The molecule has 1 heterocycles. The van der Waals surface area contributed by atoms with Gasteiger partial charge in [0.2, 0.25) is 0 Å². The van der Waals surface area contributed by atoms with E-state index in [1.807, 2.05) is 6.07 Å². The zero-order valence-corrected chi connectivity index (χ0v) is 16.7. The van der Waals surface area contributed by atoms with Crippen LogP contribution in [0.1, 0.15) is 21.6 Å². The second kappa shape index (κ2) is 8.11. The molecule has 3 aromatic rings. The number of aromatic nitrogens is 1. The molecule has 3 rings (SSSR count). The molecular weight excluding hydrogens is 424 g/mol. The molecule has 0 saturated heterocycles. The van der Waals surface area contributed by atoms with Gasteiger partial charge in [-0.1, -0.05) is 34.1 Å². The number of H-pyrrole nitrogens is 1. The molecule has 0 unspecified atom stereocenters. The highest BCUT2D eigenvalue weighted by molar-refractivity contribution is 9.10. The molecule has 6 nitrogen and oxygen atoms in total. The average Bonchev–Trinajstić information content (AvgIpc) is 2.68. The number of nitriles is 1. The standard InChI is InChI=1S/C21H15BrN2O4/c1-12-8-14(16(11-23)20(25)24-12)15-9-18(27-2)19(10-17(15)22)28-21(26)13-6-4-3-5-7-13/h3-10H,1-2H3,(H,24,25). The second-order valence-corrected chi connectivity index (χ2v) is 6.77. The van der Waals surface area contributed by atoms with Crippen molar-refractivity contribution in [2.45, 2.75) is 6.92 Å². The van der Waals surface area contributed by atoms with Gasteiger partial charge in [0.15, 0.2) is 11.5 Å². The lowest BCUT2D eigenvalue weighted by Crippen LogP contribution is -2.13. The first-order valence-corrected chi connectivity index (χ1v) is 9.03. The Morgan fingerprint density at radius 2 is 1.82 bits per heavy atom. The predicted molar refractivity (Wildman–Crippen MR) is 108 cm³/mol. The van der Waals surface area contributed by atoms with Crippen LogP contribution in [0, 0.1) is 18.3 Å². The zero-order valence-electron chi connectivity index (χ0n) is 15.1. The van der Waals surface area contributed by atoms with Gasteiger partial charge in [0.05, 0.1) is 12.7 Å². The van der Waals surface area contributed by atoms with E-state index in [2.05, 4.69) is 20.9 Å². The summed E-state index contributed by atoms with van der Waals surface area (Å²) < 4.78 is 11.4. The summed E-state index contributed by atoms with van der Waals surface area (Å²) in [5.41, 5.74) is 1.56. The van der Waals surface area contributed by atoms with Crippen LogP contribution in [0.25, 0.3) is 11.1 Å². The molecule has 0 atom stereocenters. The van der Waals surface area contributed by atoms with Crippen LogP contribution in [0.3, 0.4) is 0 Å². The molecule has 28 heavy (non-hydrogen) atoms. The molecule has 0 radical (unpaired) electrons. The monoisotopic (exact) mass is 438 g/mol. The number of nitrogens with one attached hydrogen (secondary N) is 1. The molecule has 7 heteroatoms. The Morgan fingerprint density at radius 3 is 2.46 bits per heavy atom. The van der Waals surface area contributed by atoms with Crippen LogP contribution in [-0.2, 0) is 0 Å². The van der Waals surface area contributed by atoms with Crippen molar-refractivity contribution in [1.82, 2.24) is 4.98 Å². The van der Waals surface area contributed by atoms with Gasteiger partial charge in [-0.05, 0) is 37.3 Å². The first-order valence-electron chi connectivity index (χ1n) is 8.23. The molecule has 0 saturated carbocycles. The molecule has 0 aliphatic heterocycles. The van der Waals surface area contributed by atoms with Gasteiger partial charge in [-0.2, -0.15) is 5.26 Å². The van der Waals surface area contributed by atoms with Crippen LogP contribution >= 0.6 is 15.9 Å². The van der Waals surface area contributed by atoms with E-state index in [9.17, 15) is 14.9 Å². The van der Waals surface area contributed by atoms with Gasteiger partial charge in [-0.3, -0.25) is 4.79 Å². The number of pyridine rings is 1. The minimum absolute atomic E-state index is 0.0117. The third-order valence-electron chi connectivity index (χ3n) is 4.04. The van der Waals surface area contributed by atoms with Crippen molar-refractivity contribution in [3.05, 3.63) is 80.2 Å². The van der Waals surface area contributed by atoms with Crippen LogP contribution in [0.4, 0.5) is 0 Å². The Morgan fingerprint density at radius 1 is 1.11 bits per heavy atom. The first kappa shape index (κ1) is 19.4. The normalized spacial score (nSPS) is 10.2. The Kier molecular flexibility index (Phi) is 5.62. The summed E-state index contributed by atoms with van der Waals surface area (Å²) in [4.78, 5) is 27.1. The van der Waals surface area contributed by atoms with Crippen molar-refractivity contribution >= 4 is 21.9 Å². The number of hydrogen-bond acceptors (Lipinski definition) is 5. The summed E-state index contributed by atoms with van der Waals surface area (Å²) in [5.74, 6) is -0.0142. The lowest BCUT2D eigenvalue weighted by atomic mass is 10.0. The molecule has 0 fully saturated rings. The van der Waals surface area contributed by atoms with Gasteiger partial charge in [0.25, 0.3) is 5.56 Å². The molecule has 0 amide bonds. The Labute approximate surface area is 169 Å². The molecule has 1 N–H and O–H groups in total. The summed E-state index contributed by atoms with van der Waals surface area (Å²) in [6, 6.07) is 15.4. The lowest BCUT2D eigenvalue weighted by Gasteiger charge is -2.14. The van der Waals surface area contributed by atoms with Crippen LogP contribution in [0.15, 0.2) is 57.8 Å². The lowest BCUT2D eigenvalue weighted by molar-refractivity contribution is 0.0729. The highest BCUT2D eigenvalue weighted by Crippen LogP contribution is 2.39. The summed E-state index contributed by atoms with van der Waals surface area (Å²) in [7, 11) is 1.45. The molecular formula is C21H15BrN2O4. The van der Waals surface area contributed by atoms with E-state index in [1.54, 1.807) is 55.5 Å². The van der Waals surface area contributed by atoms with Gasteiger partial charge in [0.1, 0.15) is 11.6 Å². The summed E-state index contributed by atoms with van der Waals surface area (Å²) in [6.45, 7) is 1.73. The Bertz CT molecular complexity index is 1150. The minimum Gasteiger partial charge on any atom is -0.493 e. The fourth-order valence-corrected chi connectivity index (χ4v) is 3.26. The summed E-state index contributed by atoms with van der Waals surface area (Å²) >= 11 is 3.44. The third kappa shape index (κ3) is 3.82. The number of carbonyl (C=O) groups is 1. The molecule has 1 aromatic heterocycles. The van der Waals surface area contributed by atoms with E-state index >= 15 is 0 Å². The SMILES string of the molecule is COc1cc(-c2cc(C)[nH]c(=O)c2C#N)c(Br)cc1OC(=O)c1ccccc1. The molecule has 140 valence electrons.